The minimum Gasteiger partial charge on any atom is -0.550 e. The summed E-state index contributed by atoms with van der Waals surface area (Å²) in [5, 5.41) is 26.5. The van der Waals surface area contributed by atoms with E-state index in [9.17, 15) is 19.5 Å². The largest absolute Gasteiger partial charge is 1.00 e. The molecule has 0 aliphatic carbocycles. The Kier molecular flexibility index (Phi) is 30.4. The van der Waals surface area contributed by atoms with E-state index in [0.717, 1.165) is 19.3 Å². The first-order valence-corrected chi connectivity index (χ1v) is 11.4. The van der Waals surface area contributed by atoms with Crippen LogP contribution in [0.2, 0.25) is 0 Å². The number of carboxylic acid groups (broad SMARTS) is 3. The topological polar surface area (TPSA) is 141 Å². The van der Waals surface area contributed by atoms with Crippen molar-refractivity contribution in [3.63, 3.8) is 0 Å². The fraction of sp³-hybridized carbons (Fsp3) is 0.783. The van der Waals surface area contributed by atoms with Crippen LogP contribution in [0.15, 0.2) is 12.2 Å². The third-order valence-corrected chi connectivity index (χ3v) is 4.63. The number of hydrogen-bond acceptors (Lipinski definition) is 5. The molecule has 0 rings (SSSR count). The third kappa shape index (κ3) is 33.9. The van der Waals surface area contributed by atoms with Gasteiger partial charge in [0.1, 0.15) is 6.04 Å². The van der Waals surface area contributed by atoms with E-state index < -0.39 is 23.9 Å². The molecule has 0 fully saturated rings. The zero-order valence-corrected chi connectivity index (χ0v) is 21.7. The summed E-state index contributed by atoms with van der Waals surface area (Å²) in [5.41, 5.74) is 5.00. The average Bonchev–Trinajstić information content (AvgIpc) is 2.69. The van der Waals surface area contributed by atoms with E-state index in [-0.39, 0.29) is 48.8 Å². The summed E-state index contributed by atoms with van der Waals surface area (Å²) in [6, 6.07) is -1.06. The number of unbranched alkanes of at least 4 members (excludes halogenated alkanes) is 11. The maximum Gasteiger partial charge on any atom is 1.00 e. The Bertz CT molecular complexity index is 471. The van der Waals surface area contributed by atoms with Gasteiger partial charge in [-0.15, -0.1) is 0 Å². The Morgan fingerprint density at radius 3 is 1.68 bits per heavy atom. The van der Waals surface area contributed by atoms with Gasteiger partial charge in [-0.1, -0.05) is 70.4 Å². The molecule has 1 unspecified atom stereocenters. The molecule has 8 heteroatoms. The normalized spacial score (nSPS) is 11.3. The number of aliphatic carboxylic acids is 3. The van der Waals surface area contributed by atoms with E-state index in [2.05, 4.69) is 19.1 Å². The maximum absolute atomic E-state index is 10.2. The van der Waals surface area contributed by atoms with Gasteiger partial charge in [0.2, 0.25) is 0 Å². The molecule has 0 saturated heterocycles. The first-order valence-electron chi connectivity index (χ1n) is 11.4. The molecule has 1 atom stereocenters. The Balaban J connectivity index is -0.000000604. The fourth-order valence-electron chi connectivity index (χ4n) is 2.74. The third-order valence-electron chi connectivity index (χ3n) is 4.63. The van der Waals surface area contributed by atoms with Crippen molar-refractivity contribution >= 4 is 17.9 Å². The molecule has 176 valence electrons. The van der Waals surface area contributed by atoms with Gasteiger partial charge in [0.05, 0.1) is 0 Å². The van der Waals surface area contributed by atoms with Crippen molar-refractivity contribution in [2.75, 3.05) is 0 Å². The molecule has 0 aromatic heterocycles. The molecule has 0 spiro atoms. The van der Waals surface area contributed by atoms with Crippen LogP contribution in [0.4, 0.5) is 0 Å². The summed E-state index contributed by atoms with van der Waals surface area (Å²) < 4.78 is 0. The summed E-state index contributed by atoms with van der Waals surface area (Å²) >= 11 is 0. The molecule has 0 aliphatic rings. The molecule has 0 bridgehead atoms. The predicted octanol–water partition coefficient (Wildman–Crippen LogP) is 1.04. The van der Waals surface area contributed by atoms with Crippen LogP contribution in [0.25, 0.3) is 0 Å². The summed E-state index contributed by atoms with van der Waals surface area (Å²) in [7, 11) is 0. The standard InChI is InChI=1S/C18H34O2.C5H9NO4.Na/c1-2-3-4-5-6-7-8-9-10-11-12-13-14-15-16-17-18(19)20;6-3(5(9)10)1-2-4(7)8;/h9-10H,2-8,11-17H2,1H3,(H,19,20);3H,1-2,6H2,(H,7,8)(H,9,10);/q;;+1/p-1/b10-9-;;. The van der Waals surface area contributed by atoms with Gasteiger partial charge in [-0.3, -0.25) is 9.59 Å². The Hall–Kier alpha value is -0.890. The van der Waals surface area contributed by atoms with E-state index in [1.54, 1.807) is 0 Å². The van der Waals surface area contributed by atoms with Crippen LogP contribution >= 0.6 is 0 Å². The monoisotopic (exact) mass is 451 g/mol. The van der Waals surface area contributed by atoms with Crippen LogP contribution in [0.3, 0.4) is 0 Å². The zero-order valence-electron chi connectivity index (χ0n) is 19.7. The van der Waals surface area contributed by atoms with Crippen molar-refractivity contribution in [1.82, 2.24) is 0 Å². The van der Waals surface area contributed by atoms with Gasteiger partial charge in [-0.25, -0.2) is 0 Å². The van der Waals surface area contributed by atoms with Crippen molar-refractivity contribution < 1.29 is 59.3 Å². The smallest absolute Gasteiger partial charge is 0.550 e. The number of hydrogen-bond donors (Lipinski definition) is 3. The number of carboxylic acids is 3. The van der Waals surface area contributed by atoms with E-state index in [0.29, 0.717) is 0 Å². The second kappa shape index (κ2) is 27.1. The van der Waals surface area contributed by atoms with Crippen LogP contribution < -0.4 is 40.4 Å². The summed E-state index contributed by atoms with van der Waals surface area (Å²) in [4.78, 5) is 30.1. The van der Waals surface area contributed by atoms with Gasteiger partial charge in [0.25, 0.3) is 0 Å². The molecule has 0 amide bonds. The Morgan fingerprint density at radius 1 is 0.806 bits per heavy atom. The molecule has 0 saturated carbocycles. The minimum atomic E-state index is -1.17. The predicted molar refractivity (Wildman–Crippen MR) is 117 cm³/mol. The van der Waals surface area contributed by atoms with Crippen LogP contribution in [0, 0.1) is 0 Å². The molecule has 0 radical (unpaired) electrons. The van der Waals surface area contributed by atoms with Gasteiger partial charge in [-0.2, -0.15) is 0 Å². The van der Waals surface area contributed by atoms with Gasteiger partial charge >= 0.3 is 41.5 Å². The summed E-state index contributed by atoms with van der Waals surface area (Å²) in [6.45, 7) is 2.26. The van der Waals surface area contributed by atoms with Crippen molar-refractivity contribution in [3.8, 4) is 0 Å². The van der Waals surface area contributed by atoms with E-state index in [1.807, 2.05) is 0 Å². The molecular weight excluding hydrogens is 409 g/mol. The van der Waals surface area contributed by atoms with Gasteiger partial charge in [0.15, 0.2) is 0 Å². The molecule has 7 nitrogen and oxygen atoms in total. The molecule has 31 heavy (non-hydrogen) atoms. The van der Waals surface area contributed by atoms with Crippen molar-refractivity contribution in [3.05, 3.63) is 12.2 Å². The Morgan fingerprint density at radius 2 is 1.26 bits per heavy atom. The summed E-state index contributed by atoms with van der Waals surface area (Å²) in [6.07, 6.45) is 20.7. The van der Waals surface area contributed by atoms with Crippen LogP contribution in [0.5, 0.6) is 0 Å². The van der Waals surface area contributed by atoms with Crippen LogP contribution in [-0.4, -0.2) is 34.2 Å². The van der Waals surface area contributed by atoms with E-state index in [4.69, 9.17) is 15.9 Å². The zero-order chi connectivity index (χ0) is 23.0. The second-order valence-electron chi connectivity index (χ2n) is 7.58. The first kappa shape index (κ1) is 34.7. The van der Waals surface area contributed by atoms with Gasteiger partial charge in [0, 0.05) is 12.4 Å². The molecule has 0 aromatic carbocycles. The number of carbonyl (C=O) groups is 3. The maximum atomic E-state index is 10.2. The van der Waals surface area contributed by atoms with Gasteiger partial charge < -0.3 is 25.8 Å². The molecule has 0 heterocycles. The fourth-order valence-corrected chi connectivity index (χ4v) is 2.74. The minimum absolute atomic E-state index is 0. The first-order chi connectivity index (χ1) is 14.3. The number of allylic oxidation sites excluding steroid dienone is 2. The SMILES string of the molecule is CCCCCCCC/C=C\CCCCCCCC(=O)[O-].NC(CCC(=O)O)C(=O)O.[Na+]. The van der Waals surface area contributed by atoms with Crippen molar-refractivity contribution in [2.45, 2.75) is 116 Å². The Labute approximate surface area is 210 Å². The van der Waals surface area contributed by atoms with E-state index >= 15 is 0 Å². The molecule has 0 aliphatic heterocycles. The second-order valence-corrected chi connectivity index (χ2v) is 7.58. The number of rotatable bonds is 19. The molecule has 4 N–H and O–H groups in total. The molecule has 0 aromatic rings. The van der Waals surface area contributed by atoms with Gasteiger partial charge in [-0.05, 0) is 44.9 Å². The van der Waals surface area contributed by atoms with E-state index in [1.165, 1.54) is 64.2 Å². The van der Waals surface area contributed by atoms with Crippen LogP contribution in [0.1, 0.15) is 110 Å². The van der Waals surface area contributed by atoms with Crippen LogP contribution in [-0.2, 0) is 14.4 Å². The van der Waals surface area contributed by atoms with Crippen molar-refractivity contribution in [1.29, 1.82) is 0 Å². The number of nitrogens with two attached hydrogens (primary N) is 1. The molecular formula is C23H42NNaO6. The average molecular weight is 452 g/mol. The number of carbonyl (C=O) groups excluding carboxylic acids is 1. The quantitative estimate of drug-likeness (QED) is 0.151. The van der Waals surface area contributed by atoms with Crippen molar-refractivity contribution in [2.24, 2.45) is 5.73 Å². The summed E-state index contributed by atoms with van der Waals surface area (Å²) in [5.74, 6) is -3.11.